The van der Waals surface area contributed by atoms with Gasteiger partial charge in [0.1, 0.15) is 11.2 Å². The van der Waals surface area contributed by atoms with E-state index in [1.807, 2.05) is 0 Å². The van der Waals surface area contributed by atoms with Crippen molar-refractivity contribution in [1.29, 1.82) is 0 Å². The Bertz CT molecular complexity index is 4890. The van der Waals surface area contributed by atoms with E-state index in [1.165, 1.54) is 32.3 Å². The Hall–Kier alpha value is -9.91. The first-order valence-electron chi connectivity index (χ1n) is 24.7. The van der Waals surface area contributed by atoms with Gasteiger partial charge in [0, 0.05) is 54.7 Å². The molecule has 0 aliphatic heterocycles. The molecule has 4 aromatic heterocycles. The minimum Gasteiger partial charge on any atom is -0.455 e. The number of aromatic nitrogens is 5. The molecular formula is C67H39N5O. The van der Waals surface area contributed by atoms with Gasteiger partial charge in [0.2, 0.25) is 0 Å². The summed E-state index contributed by atoms with van der Waals surface area (Å²) in [6, 6.07) is 84.6. The number of furan rings is 1. The third kappa shape index (κ3) is 6.08. The molecule has 73 heavy (non-hydrogen) atoms. The van der Waals surface area contributed by atoms with Crippen molar-refractivity contribution < 1.29 is 4.42 Å². The molecule has 0 aliphatic rings. The maximum atomic E-state index is 7.15. The van der Waals surface area contributed by atoms with Crippen molar-refractivity contribution in [2.75, 3.05) is 0 Å². The molecule has 0 unspecified atom stereocenters. The number of hydrogen-bond acceptors (Lipinski definition) is 4. The number of benzene rings is 12. The fraction of sp³-hybridized carbons (Fsp3) is 0. The van der Waals surface area contributed by atoms with Crippen LogP contribution in [0.15, 0.2) is 241 Å². The summed E-state index contributed by atoms with van der Waals surface area (Å²) >= 11 is 0. The summed E-state index contributed by atoms with van der Waals surface area (Å²) in [5.74, 6) is 1.72. The van der Waals surface area contributed by atoms with Crippen LogP contribution in [0, 0.1) is 0 Å². The molecule has 16 aromatic rings. The predicted octanol–water partition coefficient (Wildman–Crippen LogP) is 17.6. The number of fused-ring (bicyclic) bond motifs is 14. The molecule has 0 N–H and O–H groups in total. The zero-order chi connectivity index (χ0) is 47.7. The topological polar surface area (TPSA) is 61.7 Å². The highest BCUT2D eigenvalue weighted by Gasteiger charge is 2.24. The lowest BCUT2D eigenvalue weighted by Crippen LogP contribution is -2.02. The van der Waals surface area contributed by atoms with Gasteiger partial charge in [0.15, 0.2) is 17.5 Å². The molecule has 0 fully saturated rings. The van der Waals surface area contributed by atoms with Crippen LogP contribution in [0.5, 0.6) is 0 Å². The summed E-state index contributed by atoms with van der Waals surface area (Å²) in [4.78, 5) is 16.2. The van der Waals surface area contributed by atoms with Crippen molar-refractivity contribution in [2.45, 2.75) is 0 Å². The molecule has 4 heterocycles. The van der Waals surface area contributed by atoms with Crippen LogP contribution in [0.25, 0.3) is 154 Å². The van der Waals surface area contributed by atoms with Crippen LogP contribution >= 0.6 is 0 Å². The monoisotopic (exact) mass is 929 g/mol. The van der Waals surface area contributed by atoms with E-state index in [2.05, 4.69) is 246 Å². The van der Waals surface area contributed by atoms with Crippen LogP contribution in [0.4, 0.5) is 0 Å². The highest BCUT2D eigenvalue weighted by atomic mass is 16.3. The Morgan fingerprint density at radius 1 is 0.288 bits per heavy atom. The van der Waals surface area contributed by atoms with Crippen LogP contribution in [-0.4, -0.2) is 24.1 Å². The molecule has 0 atom stereocenters. The second-order valence-electron chi connectivity index (χ2n) is 19.2. The Balaban J connectivity index is 1.00. The van der Waals surface area contributed by atoms with Crippen molar-refractivity contribution in [1.82, 2.24) is 24.1 Å². The molecule has 0 bridgehead atoms. The van der Waals surface area contributed by atoms with E-state index in [1.54, 1.807) is 0 Å². The summed E-state index contributed by atoms with van der Waals surface area (Å²) < 4.78 is 11.9. The standard InChI is InChI=1S/C67H39N5O/c1-2-21-50(22-3-1)71-57-25-13-12-24-52(57)54-35-48(29-31-58(54)71)66-68-65(47-27-26-40-14-4-5-16-42(40)32-47)69-67(70-66)49-38-61(63-53-30-28-41-15-10-11-23-51(41)64(53)73-62(63)39-49)72-59-36-45-19-8-6-17-43(45)33-55(59)56-34-44-18-7-9-20-46(44)37-60(56)72/h1-39H. The van der Waals surface area contributed by atoms with Crippen molar-refractivity contribution in [3.05, 3.63) is 237 Å². The van der Waals surface area contributed by atoms with Gasteiger partial charge in [-0.2, -0.15) is 0 Å². The van der Waals surface area contributed by atoms with Gasteiger partial charge in [0.05, 0.1) is 33.1 Å². The Morgan fingerprint density at radius 2 is 0.795 bits per heavy atom. The van der Waals surface area contributed by atoms with Crippen LogP contribution < -0.4 is 0 Å². The fourth-order valence-corrected chi connectivity index (χ4v) is 11.6. The normalized spacial score (nSPS) is 12.1. The van der Waals surface area contributed by atoms with Crippen molar-refractivity contribution in [3.8, 4) is 45.5 Å². The van der Waals surface area contributed by atoms with Crippen LogP contribution in [0.3, 0.4) is 0 Å². The maximum Gasteiger partial charge on any atom is 0.164 e. The Labute approximate surface area is 417 Å². The Morgan fingerprint density at radius 3 is 1.49 bits per heavy atom. The van der Waals surface area contributed by atoms with E-state index >= 15 is 0 Å². The van der Waals surface area contributed by atoms with Gasteiger partial charge in [-0.15, -0.1) is 0 Å². The SMILES string of the molecule is c1ccc(-n2c3ccccc3c3cc(-c4nc(-c5ccc6ccccc6c5)nc(-c5cc(-n6c7cc8ccccc8cc7c7cc8ccccc8cc76)c6c(c5)oc5c7ccccc7ccc56)n4)ccc32)cc1. The lowest BCUT2D eigenvalue weighted by molar-refractivity contribution is 0.672. The smallest absolute Gasteiger partial charge is 0.164 e. The lowest BCUT2D eigenvalue weighted by Gasteiger charge is -2.14. The first-order valence-corrected chi connectivity index (χ1v) is 24.7. The molecule has 12 aromatic carbocycles. The first kappa shape index (κ1) is 39.9. The third-order valence-corrected chi connectivity index (χ3v) is 15.0. The molecule has 6 heteroatoms. The zero-order valence-electron chi connectivity index (χ0n) is 39.2. The van der Waals surface area contributed by atoms with Gasteiger partial charge in [-0.25, -0.2) is 15.0 Å². The van der Waals surface area contributed by atoms with E-state index in [0.717, 1.165) is 104 Å². The quantitative estimate of drug-likeness (QED) is 0.173. The molecule has 16 rings (SSSR count). The molecular weight excluding hydrogens is 891 g/mol. The number of rotatable bonds is 5. The van der Waals surface area contributed by atoms with Crippen molar-refractivity contribution in [2.24, 2.45) is 0 Å². The molecule has 0 amide bonds. The second-order valence-corrected chi connectivity index (χ2v) is 19.2. The molecule has 0 saturated heterocycles. The minimum absolute atomic E-state index is 0.546. The van der Waals surface area contributed by atoms with Gasteiger partial charge in [0.25, 0.3) is 0 Å². The highest BCUT2D eigenvalue weighted by Crippen LogP contribution is 2.45. The molecule has 6 nitrogen and oxygen atoms in total. The summed E-state index contributed by atoms with van der Waals surface area (Å²) in [6.07, 6.45) is 0. The number of hydrogen-bond donors (Lipinski definition) is 0. The second kappa shape index (κ2) is 15.3. The van der Waals surface area contributed by atoms with Crippen LogP contribution in [-0.2, 0) is 0 Å². The Kier molecular flexibility index (Phi) is 8.36. The molecule has 338 valence electrons. The predicted molar refractivity (Wildman–Crippen MR) is 302 cm³/mol. The van der Waals surface area contributed by atoms with Gasteiger partial charge in [-0.1, -0.05) is 152 Å². The molecule has 0 radical (unpaired) electrons. The van der Waals surface area contributed by atoms with E-state index in [9.17, 15) is 0 Å². The van der Waals surface area contributed by atoms with E-state index in [4.69, 9.17) is 19.4 Å². The lowest BCUT2D eigenvalue weighted by atomic mass is 10.0. The van der Waals surface area contributed by atoms with Crippen molar-refractivity contribution >= 4 is 109 Å². The third-order valence-electron chi connectivity index (χ3n) is 15.0. The zero-order valence-corrected chi connectivity index (χ0v) is 39.2. The first-order chi connectivity index (χ1) is 36.1. The summed E-state index contributed by atoms with van der Waals surface area (Å²) in [5, 5.41) is 15.9. The van der Waals surface area contributed by atoms with Gasteiger partial charge in [-0.05, 0) is 123 Å². The molecule has 0 saturated carbocycles. The fourth-order valence-electron chi connectivity index (χ4n) is 11.6. The molecule has 0 aliphatic carbocycles. The number of para-hydroxylation sites is 2. The van der Waals surface area contributed by atoms with Crippen LogP contribution in [0.2, 0.25) is 0 Å². The average molecular weight is 930 g/mol. The van der Waals surface area contributed by atoms with Gasteiger partial charge in [-0.3, -0.25) is 0 Å². The van der Waals surface area contributed by atoms with E-state index in [0.29, 0.717) is 17.5 Å². The summed E-state index contributed by atoms with van der Waals surface area (Å²) in [5.41, 5.74) is 10.8. The number of nitrogens with zero attached hydrogens (tertiary/aromatic N) is 5. The van der Waals surface area contributed by atoms with E-state index < -0.39 is 0 Å². The summed E-state index contributed by atoms with van der Waals surface area (Å²) in [6.45, 7) is 0. The highest BCUT2D eigenvalue weighted by molar-refractivity contribution is 6.22. The van der Waals surface area contributed by atoms with Crippen molar-refractivity contribution in [3.63, 3.8) is 0 Å². The maximum absolute atomic E-state index is 7.15. The minimum atomic E-state index is 0.546. The average Bonchev–Trinajstić information content (AvgIpc) is 4.10. The van der Waals surface area contributed by atoms with Gasteiger partial charge < -0.3 is 13.6 Å². The largest absolute Gasteiger partial charge is 0.455 e. The molecule has 0 spiro atoms. The summed E-state index contributed by atoms with van der Waals surface area (Å²) in [7, 11) is 0. The van der Waals surface area contributed by atoms with E-state index in [-0.39, 0.29) is 0 Å². The van der Waals surface area contributed by atoms with Crippen LogP contribution in [0.1, 0.15) is 0 Å². The van der Waals surface area contributed by atoms with Gasteiger partial charge >= 0.3 is 0 Å².